The van der Waals surface area contributed by atoms with Crippen LogP contribution in [0, 0.1) is 5.82 Å². The van der Waals surface area contributed by atoms with Gasteiger partial charge in [0.2, 0.25) is 11.8 Å². The van der Waals surface area contributed by atoms with Crippen molar-refractivity contribution in [2.75, 3.05) is 31.1 Å². The SMILES string of the molecule is O=C(CC1C(=O)NCCN1Cc1cccs1)NC1CCN(c2ccccc2F)CC1. The predicted octanol–water partition coefficient (Wildman–Crippen LogP) is 2.36. The number of para-hydroxylation sites is 1. The van der Waals surface area contributed by atoms with E-state index >= 15 is 0 Å². The van der Waals surface area contributed by atoms with Crippen LogP contribution in [0.15, 0.2) is 41.8 Å². The first-order valence-corrected chi connectivity index (χ1v) is 11.3. The molecule has 2 aromatic rings. The largest absolute Gasteiger partial charge is 0.369 e. The Morgan fingerprint density at radius 2 is 1.97 bits per heavy atom. The highest BCUT2D eigenvalue weighted by Gasteiger charge is 2.32. The average molecular weight is 431 g/mol. The Morgan fingerprint density at radius 1 is 1.17 bits per heavy atom. The summed E-state index contributed by atoms with van der Waals surface area (Å²) < 4.78 is 14.0. The average Bonchev–Trinajstić information content (AvgIpc) is 3.25. The summed E-state index contributed by atoms with van der Waals surface area (Å²) >= 11 is 1.66. The Kier molecular flexibility index (Phi) is 6.64. The normalized spacial score (nSPS) is 20.8. The van der Waals surface area contributed by atoms with Crippen LogP contribution >= 0.6 is 11.3 Å². The number of piperazine rings is 1. The number of carbonyl (C=O) groups excluding carboxylic acids is 2. The zero-order chi connectivity index (χ0) is 20.9. The zero-order valence-corrected chi connectivity index (χ0v) is 17.7. The van der Waals surface area contributed by atoms with E-state index in [2.05, 4.69) is 21.6 Å². The van der Waals surface area contributed by atoms with Crippen molar-refractivity contribution in [1.29, 1.82) is 0 Å². The number of thiophene rings is 1. The second kappa shape index (κ2) is 9.57. The van der Waals surface area contributed by atoms with Gasteiger partial charge < -0.3 is 15.5 Å². The molecular weight excluding hydrogens is 403 g/mol. The van der Waals surface area contributed by atoms with Gasteiger partial charge in [-0.2, -0.15) is 0 Å². The molecule has 2 fully saturated rings. The third-order valence-corrected chi connectivity index (χ3v) is 6.67. The number of rotatable bonds is 6. The van der Waals surface area contributed by atoms with E-state index in [0.717, 1.165) is 19.4 Å². The number of amides is 2. The van der Waals surface area contributed by atoms with Gasteiger partial charge >= 0.3 is 0 Å². The minimum Gasteiger partial charge on any atom is -0.369 e. The monoisotopic (exact) mass is 430 g/mol. The molecule has 0 aliphatic carbocycles. The lowest BCUT2D eigenvalue weighted by molar-refractivity contribution is -0.134. The van der Waals surface area contributed by atoms with E-state index in [4.69, 9.17) is 0 Å². The van der Waals surface area contributed by atoms with Crippen LogP contribution in [0.2, 0.25) is 0 Å². The minimum absolute atomic E-state index is 0.0536. The number of piperidine rings is 1. The van der Waals surface area contributed by atoms with E-state index < -0.39 is 6.04 Å². The van der Waals surface area contributed by atoms with Crippen LogP contribution in [0.4, 0.5) is 10.1 Å². The predicted molar refractivity (Wildman–Crippen MR) is 116 cm³/mol. The summed E-state index contributed by atoms with van der Waals surface area (Å²) in [7, 11) is 0. The Balaban J connectivity index is 1.29. The summed E-state index contributed by atoms with van der Waals surface area (Å²) in [4.78, 5) is 30.4. The van der Waals surface area contributed by atoms with E-state index in [1.165, 1.54) is 10.9 Å². The van der Waals surface area contributed by atoms with Gasteiger partial charge in [0.05, 0.1) is 18.2 Å². The van der Waals surface area contributed by atoms with Gasteiger partial charge in [-0.3, -0.25) is 14.5 Å². The zero-order valence-electron chi connectivity index (χ0n) is 16.9. The highest BCUT2D eigenvalue weighted by Crippen LogP contribution is 2.23. The first kappa shape index (κ1) is 20.8. The van der Waals surface area contributed by atoms with Gasteiger partial charge in [0.15, 0.2) is 0 Å². The number of halogens is 1. The lowest BCUT2D eigenvalue weighted by atomic mass is 10.0. The molecule has 2 saturated heterocycles. The standard InChI is InChI=1S/C22H27FN4O2S/c23-18-5-1-2-6-19(18)26-10-7-16(8-11-26)25-21(28)14-20-22(29)24-9-12-27(20)15-17-4-3-13-30-17/h1-6,13,16,20H,7-12,14-15H2,(H,24,29)(H,25,28). The summed E-state index contributed by atoms with van der Waals surface area (Å²) in [5, 5.41) is 7.99. The first-order chi connectivity index (χ1) is 14.6. The fraction of sp³-hybridized carbons (Fsp3) is 0.455. The molecule has 3 heterocycles. The molecule has 4 rings (SSSR count). The molecule has 1 aromatic carbocycles. The number of hydrogen-bond donors (Lipinski definition) is 2. The number of nitrogens with one attached hydrogen (secondary N) is 2. The van der Waals surface area contributed by atoms with Crippen molar-refractivity contribution in [3.63, 3.8) is 0 Å². The molecule has 30 heavy (non-hydrogen) atoms. The minimum atomic E-state index is -0.445. The number of anilines is 1. The molecule has 160 valence electrons. The maximum atomic E-state index is 14.0. The van der Waals surface area contributed by atoms with Gasteiger partial charge in [0, 0.05) is 43.6 Å². The van der Waals surface area contributed by atoms with Crippen LogP contribution in [0.3, 0.4) is 0 Å². The maximum absolute atomic E-state index is 14.0. The van der Waals surface area contributed by atoms with Crippen molar-refractivity contribution in [3.8, 4) is 0 Å². The van der Waals surface area contributed by atoms with Crippen LogP contribution < -0.4 is 15.5 Å². The molecule has 1 unspecified atom stereocenters. The maximum Gasteiger partial charge on any atom is 0.237 e. The summed E-state index contributed by atoms with van der Waals surface area (Å²) in [5.41, 5.74) is 0.616. The van der Waals surface area contributed by atoms with Gasteiger partial charge in [0.1, 0.15) is 5.82 Å². The molecule has 0 saturated carbocycles. The number of nitrogens with zero attached hydrogens (tertiary/aromatic N) is 2. The third kappa shape index (κ3) is 4.99. The molecule has 2 aliphatic rings. The van der Waals surface area contributed by atoms with Crippen LogP contribution in [0.1, 0.15) is 24.1 Å². The molecule has 2 aliphatic heterocycles. The molecule has 2 amide bonds. The molecule has 8 heteroatoms. The lowest BCUT2D eigenvalue weighted by Gasteiger charge is -2.36. The van der Waals surface area contributed by atoms with E-state index in [1.54, 1.807) is 23.5 Å². The second-order valence-electron chi connectivity index (χ2n) is 7.84. The third-order valence-electron chi connectivity index (χ3n) is 5.81. The molecule has 6 nitrogen and oxygen atoms in total. The van der Waals surface area contributed by atoms with Crippen molar-refractivity contribution >= 4 is 28.8 Å². The van der Waals surface area contributed by atoms with Gasteiger partial charge in [0.25, 0.3) is 0 Å². The highest BCUT2D eigenvalue weighted by molar-refractivity contribution is 7.09. The fourth-order valence-electron chi connectivity index (χ4n) is 4.21. The fourth-order valence-corrected chi connectivity index (χ4v) is 4.94. The summed E-state index contributed by atoms with van der Waals surface area (Å²) in [6, 6.07) is 10.4. The van der Waals surface area contributed by atoms with Crippen molar-refractivity contribution in [3.05, 3.63) is 52.5 Å². The second-order valence-corrected chi connectivity index (χ2v) is 8.87. The molecule has 0 bridgehead atoms. The first-order valence-electron chi connectivity index (χ1n) is 10.4. The van der Waals surface area contributed by atoms with Crippen LogP contribution in [-0.2, 0) is 16.1 Å². The van der Waals surface area contributed by atoms with Crippen molar-refractivity contribution in [2.24, 2.45) is 0 Å². The van der Waals surface area contributed by atoms with E-state index in [1.807, 2.05) is 22.4 Å². The Bertz CT molecular complexity index is 868. The summed E-state index contributed by atoms with van der Waals surface area (Å²) in [6.45, 7) is 3.42. The van der Waals surface area contributed by atoms with Crippen molar-refractivity contribution in [1.82, 2.24) is 15.5 Å². The number of hydrogen-bond acceptors (Lipinski definition) is 5. The summed E-state index contributed by atoms with van der Waals surface area (Å²) in [5.74, 6) is -0.394. The Labute approximate surface area is 180 Å². The smallest absolute Gasteiger partial charge is 0.237 e. The van der Waals surface area contributed by atoms with E-state index in [9.17, 15) is 14.0 Å². The highest BCUT2D eigenvalue weighted by atomic mass is 32.1. The molecule has 2 N–H and O–H groups in total. The topological polar surface area (TPSA) is 64.7 Å². The number of benzene rings is 1. The molecule has 0 radical (unpaired) electrons. The van der Waals surface area contributed by atoms with Gasteiger partial charge in [-0.05, 0) is 36.4 Å². The molecule has 0 spiro atoms. The van der Waals surface area contributed by atoms with E-state index in [0.29, 0.717) is 31.9 Å². The molecule has 1 atom stereocenters. The van der Waals surface area contributed by atoms with E-state index in [-0.39, 0.29) is 30.1 Å². The summed E-state index contributed by atoms with van der Waals surface area (Å²) in [6.07, 6.45) is 1.68. The van der Waals surface area contributed by atoms with Gasteiger partial charge in [-0.1, -0.05) is 18.2 Å². The molecular formula is C22H27FN4O2S. The Hall–Kier alpha value is -2.45. The van der Waals surface area contributed by atoms with Crippen LogP contribution in [-0.4, -0.2) is 55.0 Å². The number of carbonyl (C=O) groups is 2. The van der Waals surface area contributed by atoms with Crippen molar-refractivity contribution < 1.29 is 14.0 Å². The quantitative estimate of drug-likeness (QED) is 0.739. The van der Waals surface area contributed by atoms with Crippen LogP contribution in [0.25, 0.3) is 0 Å². The Morgan fingerprint density at radius 3 is 2.70 bits per heavy atom. The molecule has 1 aromatic heterocycles. The van der Waals surface area contributed by atoms with Crippen LogP contribution in [0.5, 0.6) is 0 Å². The lowest BCUT2D eigenvalue weighted by Crippen LogP contribution is -2.56. The van der Waals surface area contributed by atoms with Gasteiger partial charge in [-0.15, -0.1) is 11.3 Å². The van der Waals surface area contributed by atoms with Crippen molar-refractivity contribution in [2.45, 2.75) is 37.9 Å². The van der Waals surface area contributed by atoms with Gasteiger partial charge in [-0.25, -0.2) is 4.39 Å².